The second kappa shape index (κ2) is 6.10. The molecule has 0 aliphatic carbocycles. The maximum atomic E-state index is 12.5. The Balaban J connectivity index is 2.11. The van der Waals surface area contributed by atoms with Crippen LogP contribution < -0.4 is 0 Å². The van der Waals surface area contributed by atoms with Crippen molar-refractivity contribution in [2.24, 2.45) is 0 Å². The number of hydrogen-bond acceptors (Lipinski definition) is 6. The predicted molar refractivity (Wildman–Crippen MR) is 86.5 cm³/mol. The van der Waals surface area contributed by atoms with Crippen LogP contribution in [-0.4, -0.2) is 52.7 Å². The number of β-lactam (4-membered cyclic amide) rings is 1. The van der Waals surface area contributed by atoms with Crippen LogP contribution >= 0.6 is 0 Å². The van der Waals surface area contributed by atoms with Crippen molar-refractivity contribution in [3.63, 3.8) is 0 Å². The molecule has 1 N–H and O–H groups in total. The molecule has 2 aliphatic rings. The molecule has 0 saturated carbocycles. The van der Waals surface area contributed by atoms with Gasteiger partial charge in [-0.15, -0.1) is 0 Å². The first kappa shape index (κ1) is 16.8. The van der Waals surface area contributed by atoms with Gasteiger partial charge in [-0.1, -0.05) is 12.1 Å². The van der Waals surface area contributed by atoms with E-state index < -0.39 is 38.5 Å². The third-order valence-corrected chi connectivity index (χ3v) is 5.64. The predicted octanol–water partition coefficient (Wildman–Crippen LogP) is 0.156. The average molecular weight is 360 g/mol. The first-order valence-electron chi connectivity index (χ1n) is 7.13. The Morgan fingerprint density at radius 3 is 2.72 bits per heavy atom. The van der Waals surface area contributed by atoms with Crippen molar-refractivity contribution in [2.45, 2.75) is 5.37 Å². The number of allylic oxidation sites excluding steroid dienone is 2. The van der Waals surface area contributed by atoms with Gasteiger partial charge in [0.1, 0.15) is 12.0 Å². The Kier molecular flexibility index (Phi) is 4.09. The summed E-state index contributed by atoms with van der Waals surface area (Å²) in [5.41, 5.74) is -0.175. The molecule has 0 bridgehead atoms. The van der Waals surface area contributed by atoms with Gasteiger partial charge in [0.15, 0.2) is 15.2 Å². The highest BCUT2D eigenvalue weighted by Crippen LogP contribution is 2.40. The number of carbonyl (C=O) groups excluding carboxylic acids is 2. The van der Waals surface area contributed by atoms with Gasteiger partial charge in [0.2, 0.25) is 0 Å². The van der Waals surface area contributed by atoms with Gasteiger partial charge in [-0.25, -0.2) is 13.2 Å². The molecule has 1 atom stereocenters. The van der Waals surface area contributed by atoms with Gasteiger partial charge in [0, 0.05) is 6.20 Å². The summed E-state index contributed by atoms with van der Waals surface area (Å²) in [5, 5.41) is 8.03. The van der Waals surface area contributed by atoms with Gasteiger partial charge in [0.05, 0.1) is 17.0 Å². The highest BCUT2D eigenvalue weighted by molar-refractivity contribution is 7.92. The number of carboxylic acids is 1. The van der Waals surface area contributed by atoms with E-state index in [0.29, 0.717) is 12.0 Å². The van der Waals surface area contributed by atoms with Gasteiger partial charge < -0.3 is 5.11 Å². The summed E-state index contributed by atoms with van der Waals surface area (Å²) in [4.78, 5) is 39.1. The van der Waals surface area contributed by atoms with E-state index in [0.717, 1.165) is 17.1 Å². The standard InChI is InChI=1S/C16H12N2O6S/c19-7-3-4-10-9-25(23,24)15-12(8-11-5-1-2-6-17-11)14(20)18(15)13(10)16(21)22/h1-8,15H,9H2,(H,21,22)/b4-3-,12-8-. The lowest BCUT2D eigenvalue weighted by atomic mass is 10.0. The fraction of sp³-hybridized carbons (Fsp3) is 0.125. The topological polar surface area (TPSA) is 122 Å². The van der Waals surface area contributed by atoms with Crippen LogP contribution in [0.4, 0.5) is 0 Å². The number of carbonyl (C=O) groups is 3. The maximum absolute atomic E-state index is 12.5. The first-order chi connectivity index (χ1) is 11.9. The Hall–Kier alpha value is -3.07. The lowest BCUT2D eigenvalue weighted by Gasteiger charge is -2.45. The second-order valence-corrected chi connectivity index (χ2v) is 7.42. The Morgan fingerprint density at radius 1 is 1.36 bits per heavy atom. The van der Waals surface area contributed by atoms with Crippen LogP contribution in [0.15, 0.2) is 53.4 Å². The van der Waals surface area contributed by atoms with E-state index in [4.69, 9.17) is 0 Å². The monoisotopic (exact) mass is 360 g/mol. The lowest BCUT2D eigenvalue weighted by Crippen LogP contribution is -2.62. The molecule has 1 aromatic heterocycles. The molecule has 1 unspecified atom stereocenters. The second-order valence-electron chi connectivity index (χ2n) is 5.36. The quantitative estimate of drug-likeness (QED) is 0.461. The third kappa shape index (κ3) is 2.78. The van der Waals surface area contributed by atoms with E-state index in [9.17, 15) is 27.9 Å². The third-order valence-electron chi connectivity index (χ3n) is 3.78. The van der Waals surface area contributed by atoms with Gasteiger partial charge >= 0.3 is 5.97 Å². The number of hydrogen-bond donors (Lipinski definition) is 1. The number of amides is 1. The molecule has 3 rings (SSSR count). The molecule has 1 fully saturated rings. The van der Waals surface area contributed by atoms with Crippen LogP contribution in [0.5, 0.6) is 0 Å². The lowest BCUT2D eigenvalue weighted by molar-refractivity contribution is -0.141. The summed E-state index contributed by atoms with van der Waals surface area (Å²) in [6.07, 6.45) is 5.32. The summed E-state index contributed by atoms with van der Waals surface area (Å²) in [7, 11) is -3.85. The molecule has 128 valence electrons. The average Bonchev–Trinajstić information content (AvgIpc) is 2.57. The largest absolute Gasteiger partial charge is 0.477 e. The van der Waals surface area contributed by atoms with Crippen LogP contribution in [-0.2, 0) is 24.2 Å². The Bertz CT molecular complexity index is 960. The van der Waals surface area contributed by atoms with Crippen molar-refractivity contribution < 1.29 is 27.9 Å². The van der Waals surface area contributed by atoms with Crippen molar-refractivity contribution in [1.29, 1.82) is 0 Å². The zero-order valence-electron chi connectivity index (χ0n) is 12.7. The van der Waals surface area contributed by atoms with E-state index in [2.05, 4.69) is 4.98 Å². The fourth-order valence-electron chi connectivity index (χ4n) is 2.79. The zero-order valence-corrected chi connectivity index (χ0v) is 13.5. The molecule has 9 heteroatoms. The number of carboxylic acid groups (broad SMARTS) is 1. The number of fused-ring (bicyclic) bond motifs is 1. The first-order valence-corrected chi connectivity index (χ1v) is 8.84. The summed E-state index contributed by atoms with van der Waals surface area (Å²) >= 11 is 0. The van der Waals surface area contributed by atoms with Gasteiger partial charge in [-0.3, -0.25) is 19.5 Å². The molecule has 0 aromatic carbocycles. The molecule has 25 heavy (non-hydrogen) atoms. The molecular formula is C16H12N2O6S. The number of aromatic nitrogens is 1. The van der Waals surface area contributed by atoms with Crippen molar-refractivity contribution in [3.05, 3.63) is 59.1 Å². The van der Waals surface area contributed by atoms with Crippen molar-refractivity contribution >= 4 is 34.1 Å². The molecule has 1 amide bonds. The molecule has 8 nitrogen and oxygen atoms in total. The normalized spacial score (nSPS) is 23.5. The summed E-state index contributed by atoms with van der Waals surface area (Å²) < 4.78 is 25.1. The molecule has 0 radical (unpaired) electrons. The number of sulfone groups is 1. The minimum atomic E-state index is -3.85. The minimum Gasteiger partial charge on any atom is -0.477 e. The Morgan fingerprint density at radius 2 is 2.12 bits per heavy atom. The number of aldehydes is 1. The molecule has 2 aliphatic heterocycles. The van der Waals surface area contributed by atoms with Gasteiger partial charge in [-0.05, 0) is 29.9 Å². The number of rotatable bonds is 4. The fourth-order valence-corrected chi connectivity index (χ4v) is 4.69. The van der Waals surface area contributed by atoms with E-state index in [1.165, 1.54) is 12.3 Å². The number of aliphatic carboxylic acids is 1. The highest BCUT2D eigenvalue weighted by Gasteiger charge is 2.56. The van der Waals surface area contributed by atoms with E-state index in [-0.39, 0.29) is 11.1 Å². The SMILES string of the molecule is O=C/C=C\C1=C(C(=O)O)N2C(=O)/C(=C/c3ccccn3)C2S(=O)(=O)C1. The zero-order chi connectivity index (χ0) is 18.2. The Labute approximate surface area is 142 Å². The number of nitrogens with zero attached hydrogens (tertiary/aromatic N) is 2. The molecule has 1 aromatic rings. The van der Waals surface area contributed by atoms with Crippen LogP contribution in [0.2, 0.25) is 0 Å². The molecule has 1 saturated heterocycles. The summed E-state index contributed by atoms with van der Waals surface area (Å²) in [6, 6.07) is 4.95. The van der Waals surface area contributed by atoms with Gasteiger partial charge in [-0.2, -0.15) is 0 Å². The molecular weight excluding hydrogens is 348 g/mol. The van der Waals surface area contributed by atoms with Crippen molar-refractivity contribution in [1.82, 2.24) is 9.88 Å². The highest BCUT2D eigenvalue weighted by atomic mass is 32.2. The van der Waals surface area contributed by atoms with Crippen LogP contribution in [0, 0.1) is 0 Å². The summed E-state index contributed by atoms with van der Waals surface area (Å²) in [6.45, 7) is 0. The van der Waals surface area contributed by atoms with E-state index >= 15 is 0 Å². The molecule has 0 spiro atoms. The van der Waals surface area contributed by atoms with Crippen molar-refractivity contribution in [3.8, 4) is 0 Å². The molecule has 3 heterocycles. The van der Waals surface area contributed by atoms with E-state index in [1.54, 1.807) is 18.2 Å². The van der Waals surface area contributed by atoms with E-state index in [1.807, 2.05) is 0 Å². The summed E-state index contributed by atoms with van der Waals surface area (Å²) in [5.74, 6) is -2.73. The maximum Gasteiger partial charge on any atom is 0.352 e. The van der Waals surface area contributed by atoms with Gasteiger partial charge in [0.25, 0.3) is 5.91 Å². The van der Waals surface area contributed by atoms with Crippen LogP contribution in [0.3, 0.4) is 0 Å². The minimum absolute atomic E-state index is 0.0316. The number of pyridine rings is 1. The smallest absolute Gasteiger partial charge is 0.352 e. The van der Waals surface area contributed by atoms with Crippen LogP contribution in [0.1, 0.15) is 5.69 Å². The van der Waals surface area contributed by atoms with Crippen molar-refractivity contribution in [2.75, 3.05) is 5.75 Å². The van der Waals surface area contributed by atoms with Crippen LogP contribution in [0.25, 0.3) is 6.08 Å².